The van der Waals surface area contributed by atoms with Gasteiger partial charge in [0.2, 0.25) is 0 Å². The minimum atomic E-state index is -0.100. The number of carbonyl (C=O) groups is 2. The van der Waals surface area contributed by atoms with Gasteiger partial charge in [0.05, 0.1) is 5.69 Å². The maximum atomic E-state index is 11.8. The highest BCUT2D eigenvalue weighted by Gasteiger charge is 2.25. The zero-order valence-corrected chi connectivity index (χ0v) is 10.3. The summed E-state index contributed by atoms with van der Waals surface area (Å²) >= 11 is 0. The van der Waals surface area contributed by atoms with Crippen LogP contribution < -0.4 is 15.4 Å². The van der Waals surface area contributed by atoms with Gasteiger partial charge in [-0.05, 0) is 38.1 Å². The Bertz CT molecular complexity index is 485. The summed E-state index contributed by atoms with van der Waals surface area (Å²) in [7, 11) is 0. The third-order valence-corrected chi connectivity index (χ3v) is 2.89. The van der Waals surface area contributed by atoms with Crippen molar-refractivity contribution in [2.45, 2.75) is 13.3 Å². The standard InChI is InChI=1S/C13H16N2O3/c1-9(16)10-3-4-12-11(7-10)15(6-2-5-14)13(17)8-18-12/h3-4,7H,2,5-6,8,14H2,1H3. The number of nitrogens with zero attached hydrogens (tertiary/aromatic N) is 1. The SMILES string of the molecule is CC(=O)c1ccc2c(c1)N(CCCN)C(=O)CO2. The van der Waals surface area contributed by atoms with E-state index in [1.165, 1.54) is 6.92 Å². The monoisotopic (exact) mass is 248 g/mol. The number of fused-ring (bicyclic) bond motifs is 1. The highest BCUT2D eigenvalue weighted by atomic mass is 16.5. The van der Waals surface area contributed by atoms with Crippen LogP contribution in [0, 0.1) is 0 Å². The fourth-order valence-electron chi connectivity index (χ4n) is 1.92. The quantitative estimate of drug-likeness (QED) is 0.806. The summed E-state index contributed by atoms with van der Waals surface area (Å²) in [4.78, 5) is 24.8. The molecule has 5 heteroatoms. The average Bonchev–Trinajstić information content (AvgIpc) is 2.37. The van der Waals surface area contributed by atoms with E-state index in [0.29, 0.717) is 30.1 Å². The number of hydrogen-bond acceptors (Lipinski definition) is 4. The Morgan fingerprint density at radius 3 is 2.94 bits per heavy atom. The van der Waals surface area contributed by atoms with Crippen molar-refractivity contribution >= 4 is 17.4 Å². The number of anilines is 1. The summed E-state index contributed by atoms with van der Waals surface area (Å²) in [5, 5.41) is 0. The van der Waals surface area contributed by atoms with Crippen LogP contribution in [0.1, 0.15) is 23.7 Å². The van der Waals surface area contributed by atoms with Crippen molar-refractivity contribution < 1.29 is 14.3 Å². The van der Waals surface area contributed by atoms with Crippen LogP contribution in [0.3, 0.4) is 0 Å². The molecule has 0 fully saturated rings. The minimum absolute atomic E-state index is 0.0328. The first-order valence-electron chi connectivity index (χ1n) is 5.91. The molecule has 0 unspecified atom stereocenters. The molecule has 96 valence electrons. The first-order valence-corrected chi connectivity index (χ1v) is 5.91. The Hall–Kier alpha value is -1.88. The van der Waals surface area contributed by atoms with Crippen molar-refractivity contribution in [1.29, 1.82) is 0 Å². The number of rotatable bonds is 4. The van der Waals surface area contributed by atoms with E-state index in [0.717, 1.165) is 6.42 Å². The molecule has 1 amide bonds. The van der Waals surface area contributed by atoms with Crippen LogP contribution in [0.2, 0.25) is 0 Å². The lowest BCUT2D eigenvalue weighted by Gasteiger charge is -2.29. The highest BCUT2D eigenvalue weighted by molar-refractivity contribution is 6.01. The van der Waals surface area contributed by atoms with Gasteiger partial charge >= 0.3 is 0 Å². The van der Waals surface area contributed by atoms with Gasteiger partial charge in [0.15, 0.2) is 12.4 Å². The molecule has 0 aliphatic carbocycles. The van der Waals surface area contributed by atoms with Crippen LogP contribution in [0.5, 0.6) is 5.75 Å². The summed E-state index contributed by atoms with van der Waals surface area (Å²) < 4.78 is 5.35. The molecule has 0 saturated carbocycles. The molecule has 2 N–H and O–H groups in total. The van der Waals surface area contributed by atoms with Crippen LogP contribution in [0.4, 0.5) is 5.69 Å². The van der Waals surface area contributed by atoms with E-state index in [-0.39, 0.29) is 18.3 Å². The first-order chi connectivity index (χ1) is 8.63. The molecular formula is C13H16N2O3. The van der Waals surface area contributed by atoms with Gasteiger partial charge in [-0.3, -0.25) is 9.59 Å². The first kappa shape index (κ1) is 12.6. The Labute approximate surface area is 106 Å². The molecule has 0 spiro atoms. The molecule has 1 heterocycles. The lowest BCUT2D eigenvalue weighted by molar-refractivity contribution is -0.121. The number of benzene rings is 1. The average molecular weight is 248 g/mol. The normalized spacial score (nSPS) is 14.1. The van der Waals surface area contributed by atoms with Gasteiger partial charge in [-0.25, -0.2) is 0 Å². The summed E-state index contributed by atoms with van der Waals surface area (Å²) in [6, 6.07) is 5.14. The molecular weight excluding hydrogens is 232 g/mol. The molecule has 0 aromatic heterocycles. The molecule has 1 aliphatic heterocycles. The van der Waals surface area contributed by atoms with Gasteiger partial charge in [-0.1, -0.05) is 0 Å². The van der Waals surface area contributed by atoms with Crippen molar-refractivity contribution in [3.05, 3.63) is 23.8 Å². The van der Waals surface area contributed by atoms with Gasteiger partial charge in [-0.15, -0.1) is 0 Å². The van der Waals surface area contributed by atoms with Crippen molar-refractivity contribution in [3.63, 3.8) is 0 Å². The van der Waals surface area contributed by atoms with Crippen LogP contribution in [0.25, 0.3) is 0 Å². The Morgan fingerprint density at radius 1 is 1.50 bits per heavy atom. The third kappa shape index (κ3) is 2.36. The van der Waals surface area contributed by atoms with Crippen molar-refractivity contribution in [3.8, 4) is 5.75 Å². The minimum Gasteiger partial charge on any atom is -0.482 e. The van der Waals surface area contributed by atoms with Gasteiger partial charge < -0.3 is 15.4 Å². The molecule has 0 atom stereocenters. The zero-order chi connectivity index (χ0) is 13.1. The van der Waals surface area contributed by atoms with E-state index in [1.54, 1.807) is 23.1 Å². The Kier molecular flexibility index (Phi) is 3.62. The molecule has 18 heavy (non-hydrogen) atoms. The maximum absolute atomic E-state index is 11.8. The lowest BCUT2D eigenvalue weighted by Crippen LogP contribution is -2.40. The highest BCUT2D eigenvalue weighted by Crippen LogP contribution is 2.33. The maximum Gasteiger partial charge on any atom is 0.265 e. The second-order valence-corrected chi connectivity index (χ2v) is 4.21. The number of nitrogens with two attached hydrogens (primary N) is 1. The fraction of sp³-hybridized carbons (Fsp3) is 0.385. The van der Waals surface area contributed by atoms with Crippen LogP contribution >= 0.6 is 0 Å². The number of hydrogen-bond donors (Lipinski definition) is 1. The largest absolute Gasteiger partial charge is 0.482 e. The number of carbonyl (C=O) groups excluding carboxylic acids is 2. The van der Waals surface area contributed by atoms with E-state index >= 15 is 0 Å². The fourth-order valence-corrected chi connectivity index (χ4v) is 1.92. The number of ether oxygens (including phenoxy) is 1. The molecule has 2 rings (SSSR count). The number of Topliss-reactive ketones (excluding diaryl/α,β-unsaturated/α-hetero) is 1. The molecule has 1 aromatic rings. The number of amides is 1. The van der Waals surface area contributed by atoms with Crippen molar-refractivity contribution in [2.75, 3.05) is 24.6 Å². The van der Waals surface area contributed by atoms with Crippen molar-refractivity contribution in [2.24, 2.45) is 5.73 Å². The second kappa shape index (κ2) is 5.18. The second-order valence-electron chi connectivity index (χ2n) is 4.21. The van der Waals surface area contributed by atoms with Gasteiger partial charge in [0, 0.05) is 12.1 Å². The van der Waals surface area contributed by atoms with E-state index in [1.807, 2.05) is 0 Å². The zero-order valence-electron chi connectivity index (χ0n) is 10.3. The molecule has 5 nitrogen and oxygen atoms in total. The molecule has 1 aliphatic rings. The Balaban J connectivity index is 2.36. The van der Waals surface area contributed by atoms with Gasteiger partial charge in [0.25, 0.3) is 5.91 Å². The van der Waals surface area contributed by atoms with Crippen molar-refractivity contribution in [1.82, 2.24) is 0 Å². The third-order valence-electron chi connectivity index (χ3n) is 2.89. The van der Waals surface area contributed by atoms with Gasteiger partial charge in [0.1, 0.15) is 5.75 Å². The molecule has 0 radical (unpaired) electrons. The molecule has 0 saturated heterocycles. The summed E-state index contributed by atoms with van der Waals surface area (Å²) in [6.07, 6.45) is 0.718. The summed E-state index contributed by atoms with van der Waals surface area (Å²) in [6.45, 7) is 2.61. The predicted octanol–water partition coefficient (Wildman–Crippen LogP) is 0.963. The van der Waals surface area contributed by atoms with E-state index in [2.05, 4.69) is 0 Å². The predicted molar refractivity (Wildman–Crippen MR) is 68.0 cm³/mol. The smallest absolute Gasteiger partial charge is 0.265 e. The number of ketones is 1. The van der Waals surface area contributed by atoms with Gasteiger partial charge in [-0.2, -0.15) is 0 Å². The lowest BCUT2D eigenvalue weighted by atomic mass is 10.1. The van der Waals surface area contributed by atoms with E-state index < -0.39 is 0 Å². The summed E-state index contributed by atoms with van der Waals surface area (Å²) in [5.41, 5.74) is 6.70. The topological polar surface area (TPSA) is 72.6 Å². The molecule has 1 aromatic carbocycles. The summed E-state index contributed by atoms with van der Waals surface area (Å²) in [5.74, 6) is 0.503. The molecule has 0 bridgehead atoms. The van der Waals surface area contributed by atoms with Crippen LogP contribution in [0.15, 0.2) is 18.2 Å². The van der Waals surface area contributed by atoms with E-state index in [9.17, 15) is 9.59 Å². The van der Waals surface area contributed by atoms with E-state index in [4.69, 9.17) is 10.5 Å². The van der Waals surface area contributed by atoms with Crippen LogP contribution in [-0.4, -0.2) is 31.4 Å². The Morgan fingerprint density at radius 2 is 2.28 bits per heavy atom. The van der Waals surface area contributed by atoms with Crippen LogP contribution in [-0.2, 0) is 4.79 Å².